The van der Waals surface area contributed by atoms with Crippen molar-refractivity contribution in [3.63, 3.8) is 0 Å². The molecular formula is C12H7ClN6. The molecule has 6 nitrogen and oxygen atoms in total. The normalized spacial score (nSPS) is 11.4. The van der Waals surface area contributed by atoms with Crippen LogP contribution in [0, 0.1) is 0 Å². The van der Waals surface area contributed by atoms with Gasteiger partial charge < -0.3 is 4.98 Å². The SMILES string of the molecule is Clc1nc(-n2cc3ccccc3n2)c2[nH]cnc2n1. The maximum atomic E-state index is 5.91. The Balaban J connectivity index is 2.05. The van der Waals surface area contributed by atoms with Crippen molar-refractivity contribution in [3.8, 4) is 5.82 Å². The molecule has 0 fully saturated rings. The molecule has 3 heterocycles. The third-order valence-electron chi connectivity index (χ3n) is 2.87. The van der Waals surface area contributed by atoms with Crippen LogP contribution in [0.15, 0.2) is 36.8 Å². The summed E-state index contributed by atoms with van der Waals surface area (Å²) in [5, 5.41) is 5.65. The van der Waals surface area contributed by atoms with Gasteiger partial charge >= 0.3 is 0 Å². The van der Waals surface area contributed by atoms with E-state index in [1.807, 2.05) is 30.5 Å². The lowest BCUT2D eigenvalue weighted by molar-refractivity contribution is 0.862. The fraction of sp³-hybridized carbons (Fsp3) is 0. The molecule has 0 bridgehead atoms. The van der Waals surface area contributed by atoms with Gasteiger partial charge in [0.15, 0.2) is 11.5 Å². The smallest absolute Gasteiger partial charge is 0.226 e. The van der Waals surface area contributed by atoms with Crippen LogP contribution in [-0.4, -0.2) is 29.7 Å². The Hall–Kier alpha value is -2.47. The molecule has 0 amide bonds. The molecule has 4 aromatic rings. The Bertz CT molecular complexity index is 860. The van der Waals surface area contributed by atoms with Gasteiger partial charge in [-0.05, 0) is 17.7 Å². The minimum absolute atomic E-state index is 0.147. The van der Waals surface area contributed by atoms with Gasteiger partial charge in [-0.3, -0.25) is 0 Å². The number of nitrogens with zero attached hydrogens (tertiary/aromatic N) is 5. The van der Waals surface area contributed by atoms with Crippen molar-refractivity contribution in [2.75, 3.05) is 0 Å². The summed E-state index contributed by atoms with van der Waals surface area (Å²) in [6.45, 7) is 0. The summed E-state index contributed by atoms with van der Waals surface area (Å²) in [5.74, 6) is 0.587. The third kappa shape index (κ3) is 1.57. The predicted octanol–water partition coefficient (Wildman–Crippen LogP) is 2.35. The van der Waals surface area contributed by atoms with Crippen molar-refractivity contribution in [1.29, 1.82) is 0 Å². The van der Waals surface area contributed by atoms with E-state index in [9.17, 15) is 0 Å². The van der Waals surface area contributed by atoms with E-state index in [-0.39, 0.29) is 5.28 Å². The maximum absolute atomic E-state index is 5.91. The van der Waals surface area contributed by atoms with Gasteiger partial charge in [0.25, 0.3) is 0 Å². The molecule has 3 aromatic heterocycles. The molecule has 0 aliphatic rings. The molecule has 0 aliphatic carbocycles. The number of hydrogen-bond acceptors (Lipinski definition) is 4. The molecule has 0 atom stereocenters. The molecule has 0 saturated heterocycles. The molecule has 1 N–H and O–H groups in total. The van der Waals surface area contributed by atoms with Crippen LogP contribution in [-0.2, 0) is 0 Å². The van der Waals surface area contributed by atoms with Crippen LogP contribution in [0.3, 0.4) is 0 Å². The maximum Gasteiger partial charge on any atom is 0.226 e. The first-order valence-electron chi connectivity index (χ1n) is 5.63. The number of halogens is 1. The van der Waals surface area contributed by atoms with E-state index < -0.39 is 0 Å². The van der Waals surface area contributed by atoms with Crippen LogP contribution in [0.4, 0.5) is 0 Å². The van der Waals surface area contributed by atoms with Gasteiger partial charge in [0.1, 0.15) is 5.52 Å². The second-order valence-electron chi connectivity index (χ2n) is 4.05. The van der Waals surface area contributed by atoms with Gasteiger partial charge in [-0.25, -0.2) is 9.67 Å². The van der Waals surface area contributed by atoms with Crippen LogP contribution < -0.4 is 0 Å². The summed E-state index contributed by atoms with van der Waals surface area (Å²) >= 11 is 5.91. The van der Waals surface area contributed by atoms with Gasteiger partial charge in [-0.1, -0.05) is 18.2 Å². The monoisotopic (exact) mass is 270 g/mol. The van der Waals surface area contributed by atoms with Crippen LogP contribution in [0.2, 0.25) is 5.28 Å². The lowest BCUT2D eigenvalue weighted by Crippen LogP contribution is -2.01. The second-order valence-corrected chi connectivity index (χ2v) is 4.39. The highest BCUT2D eigenvalue weighted by atomic mass is 35.5. The number of nitrogens with one attached hydrogen (secondary N) is 1. The van der Waals surface area contributed by atoms with Crippen LogP contribution in [0.25, 0.3) is 27.9 Å². The van der Waals surface area contributed by atoms with Gasteiger partial charge in [0.2, 0.25) is 5.28 Å². The van der Waals surface area contributed by atoms with E-state index >= 15 is 0 Å². The van der Waals surface area contributed by atoms with Gasteiger partial charge in [-0.15, -0.1) is 0 Å². The van der Waals surface area contributed by atoms with Gasteiger partial charge in [0.05, 0.1) is 11.8 Å². The highest BCUT2D eigenvalue weighted by Gasteiger charge is 2.12. The summed E-state index contributed by atoms with van der Waals surface area (Å²) in [6.07, 6.45) is 3.46. The number of aromatic amines is 1. The second kappa shape index (κ2) is 3.76. The molecule has 19 heavy (non-hydrogen) atoms. The molecule has 0 aliphatic heterocycles. The lowest BCUT2D eigenvalue weighted by Gasteiger charge is -2.01. The molecule has 92 valence electrons. The highest BCUT2D eigenvalue weighted by Crippen LogP contribution is 2.20. The lowest BCUT2D eigenvalue weighted by atomic mass is 10.3. The predicted molar refractivity (Wildman–Crippen MR) is 71.3 cm³/mol. The molecule has 0 radical (unpaired) electrons. The minimum Gasteiger partial charge on any atom is -0.340 e. The number of fused-ring (bicyclic) bond motifs is 2. The first-order valence-corrected chi connectivity index (χ1v) is 6.00. The Kier molecular flexibility index (Phi) is 2.07. The zero-order valence-electron chi connectivity index (χ0n) is 9.58. The Morgan fingerprint density at radius 3 is 2.95 bits per heavy atom. The van der Waals surface area contributed by atoms with Crippen LogP contribution in [0.1, 0.15) is 0 Å². The molecule has 0 saturated carbocycles. The molecule has 0 spiro atoms. The number of rotatable bonds is 1. The number of aromatic nitrogens is 6. The van der Waals surface area contributed by atoms with E-state index in [2.05, 4.69) is 25.0 Å². The number of hydrogen-bond donors (Lipinski definition) is 1. The third-order valence-corrected chi connectivity index (χ3v) is 3.04. The van der Waals surface area contributed by atoms with E-state index in [1.165, 1.54) is 0 Å². The van der Waals surface area contributed by atoms with Crippen molar-refractivity contribution in [2.45, 2.75) is 0 Å². The van der Waals surface area contributed by atoms with Crippen molar-refractivity contribution in [3.05, 3.63) is 42.1 Å². The Morgan fingerprint density at radius 2 is 2.05 bits per heavy atom. The largest absolute Gasteiger partial charge is 0.340 e. The molecule has 0 unspecified atom stereocenters. The number of benzene rings is 1. The van der Waals surface area contributed by atoms with Gasteiger partial charge in [0, 0.05) is 11.6 Å². The van der Waals surface area contributed by atoms with E-state index in [0.717, 1.165) is 10.9 Å². The average Bonchev–Trinajstić information content (AvgIpc) is 3.03. The van der Waals surface area contributed by atoms with E-state index in [1.54, 1.807) is 11.0 Å². The van der Waals surface area contributed by atoms with Crippen molar-refractivity contribution in [1.82, 2.24) is 29.7 Å². The standard InChI is InChI=1S/C12H7ClN6/c13-12-16-10-9(14-6-15-10)11(17-12)19-5-7-3-1-2-4-8(7)18-19/h1-6H,(H,14,15,16,17). The zero-order valence-corrected chi connectivity index (χ0v) is 10.3. The number of H-pyrrole nitrogens is 1. The van der Waals surface area contributed by atoms with Crippen molar-refractivity contribution in [2.24, 2.45) is 0 Å². The molecule has 1 aromatic carbocycles. The molecule has 7 heteroatoms. The van der Waals surface area contributed by atoms with Crippen LogP contribution >= 0.6 is 11.6 Å². The summed E-state index contributed by atoms with van der Waals surface area (Å²) in [7, 11) is 0. The fourth-order valence-corrected chi connectivity index (χ4v) is 2.19. The zero-order chi connectivity index (χ0) is 12.8. The first-order chi connectivity index (χ1) is 9.31. The first kappa shape index (κ1) is 10.5. The summed E-state index contributed by atoms with van der Waals surface area (Å²) in [6, 6.07) is 7.84. The Labute approximate surface area is 112 Å². The topological polar surface area (TPSA) is 72.3 Å². The van der Waals surface area contributed by atoms with Crippen molar-refractivity contribution < 1.29 is 0 Å². The average molecular weight is 271 g/mol. The minimum atomic E-state index is 0.147. The number of imidazole rings is 1. The quantitative estimate of drug-likeness (QED) is 0.539. The summed E-state index contributed by atoms with van der Waals surface area (Å²) < 4.78 is 1.68. The van der Waals surface area contributed by atoms with E-state index in [4.69, 9.17) is 11.6 Å². The summed E-state index contributed by atoms with van der Waals surface area (Å²) in [5.41, 5.74) is 2.12. The van der Waals surface area contributed by atoms with E-state index in [0.29, 0.717) is 17.0 Å². The molecular weight excluding hydrogens is 264 g/mol. The molecule has 4 rings (SSSR count). The fourth-order valence-electron chi connectivity index (χ4n) is 2.03. The van der Waals surface area contributed by atoms with Crippen LogP contribution in [0.5, 0.6) is 0 Å². The summed E-state index contributed by atoms with van der Waals surface area (Å²) in [4.78, 5) is 15.4. The van der Waals surface area contributed by atoms with Gasteiger partial charge in [-0.2, -0.15) is 15.1 Å². The van der Waals surface area contributed by atoms with Crippen molar-refractivity contribution >= 4 is 33.7 Å². The highest BCUT2D eigenvalue weighted by molar-refractivity contribution is 6.28. The Morgan fingerprint density at radius 1 is 1.16 bits per heavy atom.